The SMILES string of the molecule is Cn1ncc2c(C#Cc3cccc(NC(=O)Nc4ccccc4)c3)cncc21. The molecule has 0 aliphatic carbocycles. The number of rotatable bonds is 2. The Kier molecular flexibility index (Phi) is 4.72. The average Bonchev–Trinajstić information content (AvgIpc) is 3.09. The average molecular weight is 367 g/mol. The molecule has 0 unspecified atom stereocenters. The van der Waals surface area contributed by atoms with Crippen LogP contribution in [0.15, 0.2) is 73.2 Å². The van der Waals surface area contributed by atoms with Crippen LogP contribution in [0.5, 0.6) is 0 Å². The van der Waals surface area contributed by atoms with Gasteiger partial charge in [0.1, 0.15) is 0 Å². The second-order valence-corrected chi connectivity index (χ2v) is 6.16. The van der Waals surface area contributed by atoms with E-state index in [1.165, 1.54) is 0 Å². The van der Waals surface area contributed by atoms with Crippen molar-refractivity contribution in [3.8, 4) is 11.8 Å². The van der Waals surface area contributed by atoms with Gasteiger partial charge < -0.3 is 10.6 Å². The van der Waals surface area contributed by atoms with Gasteiger partial charge in [0.15, 0.2) is 0 Å². The Labute approximate surface area is 162 Å². The van der Waals surface area contributed by atoms with Crippen LogP contribution in [0.2, 0.25) is 0 Å². The molecule has 28 heavy (non-hydrogen) atoms. The molecule has 2 amide bonds. The minimum atomic E-state index is -0.305. The third-order valence-corrected chi connectivity index (χ3v) is 4.17. The highest BCUT2D eigenvalue weighted by atomic mass is 16.2. The third-order valence-electron chi connectivity index (χ3n) is 4.17. The van der Waals surface area contributed by atoms with Crippen LogP contribution in [0, 0.1) is 11.8 Å². The molecular formula is C22H17N5O. The Morgan fingerprint density at radius 1 is 0.929 bits per heavy atom. The molecule has 0 fully saturated rings. The van der Waals surface area contributed by atoms with Crippen molar-refractivity contribution >= 4 is 28.3 Å². The monoisotopic (exact) mass is 367 g/mol. The number of hydrogen-bond acceptors (Lipinski definition) is 3. The number of carbonyl (C=O) groups is 1. The predicted molar refractivity (Wildman–Crippen MR) is 110 cm³/mol. The van der Waals surface area contributed by atoms with E-state index in [0.717, 1.165) is 27.7 Å². The smallest absolute Gasteiger partial charge is 0.308 e. The van der Waals surface area contributed by atoms with Crippen LogP contribution in [-0.2, 0) is 7.05 Å². The maximum Gasteiger partial charge on any atom is 0.323 e. The fourth-order valence-electron chi connectivity index (χ4n) is 2.79. The van der Waals surface area contributed by atoms with Crippen LogP contribution in [0.1, 0.15) is 11.1 Å². The first kappa shape index (κ1) is 17.3. The summed E-state index contributed by atoms with van der Waals surface area (Å²) >= 11 is 0. The maximum atomic E-state index is 12.1. The molecular weight excluding hydrogens is 350 g/mol. The maximum absolute atomic E-state index is 12.1. The molecule has 2 heterocycles. The number of nitrogens with zero attached hydrogens (tertiary/aromatic N) is 3. The number of carbonyl (C=O) groups excluding carboxylic acids is 1. The largest absolute Gasteiger partial charge is 0.323 e. The van der Waals surface area contributed by atoms with Gasteiger partial charge >= 0.3 is 6.03 Å². The van der Waals surface area contributed by atoms with Crippen LogP contribution >= 0.6 is 0 Å². The lowest BCUT2D eigenvalue weighted by molar-refractivity contribution is 0.262. The molecule has 6 heteroatoms. The molecule has 0 radical (unpaired) electrons. The van der Waals surface area contributed by atoms with Gasteiger partial charge in [0.25, 0.3) is 0 Å². The molecule has 6 nitrogen and oxygen atoms in total. The van der Waals surface area contributed by atoms with Gasteiger partial charge in [-0.1, -0.05) is 36.1 Å². The first-order valence-corrected chi connectivity index (χ1v) is 8.70. The Morgan fingerprint density at radius 3 is 2.57 bits per heavy atom. The summed E-state index contributed by atoms with van der Waals surface area (Å²) in [7, 11) is 1.87. The van der Waals surface area contributed by atoms with Gasteiger partial charge in [0.05, 0.1) is 23.5 Å². The molecule has 0 aliphatic heterocycles. The molecule has 2 aromatic carbocycles. The second kappa shape index (κ2) is 7.64. The number of pyridine rings is 1. The number of amides is 2. The van der Waals surface area contributed by atoms with Crippen molar-refractivity contribution in [3.05, 3.63) is 84.3 Å². The first-order chi connectivity index (χ1) is 13.7. The topological polar surface area (TPSA) is 71.8 Å². The van der Waals surface area contributed by atoms with E-state index in [9.17, 15) is 4.79 Å². The van der Waals surface area contributed by atoms with Crippen LogP contribution in [0.4, 0.5) is 16.2 Å². The summed E-state index contributed by atoms with van der Waals surface area (Å²) in [6.07, 6.45) is 5.28. The number of nitrogens with one attached hydrogen (secondary N) is 2. The molecule has 0 saturated carbocycles. The van der Waals surface area contributed by atoms with E-state index in [2.05, 4.69) is 32.6 Å². The van der Waals surface area contributed by atoms with Crippen molar-refractivity contribution in [2.45, 2.75) is 0 Å². The van der Waals surface area contributed by atoms with Crippen molar-refractivity contribution < 1.29 is 4.79 Å². The van der Waals surface area contributed by atoms with Gasteiger partial charge in [-0.3, -0.25) is 9.67 Å². The molecule has 4 rings (SSSR count). The van der Waals surface area contributed by atoms with Crippen LogP contribution < -0.4 is 10.6 Å². The lowest BCUT2D eigenvalue weighted by atomic mass is 10.1. The molecule has 136 valence electrons. The van der Waals surface area contributed by atoms with Gasteiger partial charge in [-0.05, 0) is 30.3 Å². The zero-order valence-electron chi connectivity index (χ0n) is 15.2. The highest BCUT2D eigenvalue weighted by Crippen LogP contribution is 2.16. The number of urea groups is 1. The minimum absolute atomic E-state index is 0.305. The third kappa shape index (κ3) is 3.84. The number of benzene rings is 2. The quantitative estimate of drug-likeness (QED) is 0.526. The number of aromatic nitrogens is 3. The van der Waals surface area contributed by atoms with E-state index in [1.807, 2.05) is 61.6 Å². The molecule has 0 bridgehead atoms. The summed E-state index contributed by atoms with van der Waals surface area (Å²) in [5, 5.41) is 10.8. The molecule has 0 aliphatic rings. The zero-order valence-corrected chi connectivity index (χ0v) is 15.2. The van der Waals surface area contributed by atoms with E-state index in [4.69, 9.17) is 0 Å². The van der Waals surface area contributed by atoms with E-state index < -0.39 is 0 Å². The lowest BCUT2D eigenvalue weighted by Gasteiger charge is -2.07. The van der Waals surface area contributed by atoms with Crippen molar-refractivity contribution in [3.63, 3.8) is 0 Å². The van der Waals surface area contributed by atoms with E-state index >= 15 is 0 Å². The van der Waals surface area contributed by atoms with Crippen molar-refractivity contribution in [2.75, 3.05) is 10.6 Å². The summed E-state index contributed by atoms with van der Waals surface area (Å²) < 4.78 is 1.77. The molecule has 0 saturated heterocycles. The second-order valence-electron chi connectivity index (χ2n) is 6.16. The van der Waals surface area contributed by atoms with Crippen molar-refractivity contribution in [1.82, 2.24) is 14.8 Å². The van der Waals surface area contributed by atoms with Gasteiger partial charge in [-0.15, -0.1) is 0 Å². The number of para-hydroxylation sites is 1. The minimum Gasteiger partial charge on any atom is -0.308 e. The number of hydrogen-bond donors (Lipinski definition) is 2. The Morgan fingerprint density at radius 2 is 1.71 bits per heavy atom. The van der Waals surface area contributed by atoms with Crippen molar-refractivity contribution in [1.29, 1.82) is 0 Å². The summed E-state index contributed by atoms with van der Waals surface area (Å²) in [6.45, 7) is 0. The molecule has 2 N–H and O–H groups in total. The summed E-state index contributed by atoms with van der Waals surface area (Å²) in [5.41, 5.74) is 3.93. The summed E-state index contributed by atoms with van der Waals surface area (Å²) in [4.78, 5) is 16.4. The van der Waals surface area contributed by atoms with E-state index in [1.54, 1.807) is 23.3 Å². The van der Waals surface area contributed by atoms with Gasteiger partial charge in [-0.25, -0.2) is 4.79 Å². The number of aryl methyl sites for hydroxylation is 1. The highest BCUT2D eigenvalue weighted by molar-refractivity contribution is 5.99. The Balaban J connectivity index is 1.51. The summed E-state index contributed by atoms with van der Waals surface area (Å²) in [6, 6.07) is 16.4. The van der Waals surface area contributed by atoms with Gasteiger partial charge in [-0.2, -0.15) is 5.10 Å². The highest BCUT2D eigenvalue weighted by Gasteiger charge is 2.04. The first-order valence-electron chi connectivity index (χ1n) is 8.70. The fraction of sp³-hybridized carbons (Fsp3) is 0.0455. The van der Waals surface area contributed by atoms with E-state index in [-0.39, 0.29) is 6.03 Å². The number of fused-ring (bicyclic) bond motifs is 1. The Hall–Kier alpha value is -4.11. The molecule has 0 spiro atoms. The normalized spacial score (nSPS) is 10.2. The van der Waals surface area contributed by atoms with E-state index in [0.29, 0.717) is 5.69 Å². The van der Waals surface area contributed by atoms with Gasteiger partial charge in [0, 0.05) is 35.6 Å². The Bertz CT molecular complexity index is 1200. The summed E-state index contributed by atoms with van der Waals surface area (Å²) in [5.74, 6) is 6.27. The molecule has 0 atom stereocenters. The molecule has 2 aromatic heterocycles. The predicted octanol–water partition coefficient (Wildman–Crippen LogP) is 4.01. The van der Waals surface area contributed by atoms with Gasteiger partial charge in [0.2, 0.25) is 0 Å². The van der Waals surface area contributed by atoms with Crippen LogP contribution in [0.3, 0.4) is 0 Å². The zero-order chi connectivity index (χ0) is 19.3. The van der Waals surface area contributed by atoms with Crippen molar-refractivity contribution in [2.24, 2.45) is 7.05 Å². The molecule has 4 aromatic rings. The number of anilines is 2. The lowest BCUT2D eigenvalue weighted by Crippen LogP contribution is -2.19. The van der Waals surface area contributed by atoms with Crippen LogP contribution in [-0.4, -0.2) is 20.8 Å². The fourth-order valence-corrected chi connectivity index (χ4v) is 2.79. The van der Waals surface area contributed by atoms with Crippen LogP contribution in [0.25, 0.3) is 10.9 Å². The standard InChI is InChI=1S/C22H17N5O/c1-27-21-15-23-13-17(20(21)14-24-27)11-10-16-6-5-9-19(12-16)26-22(28)25-18-7-3-2-4-8-18/h2-9,12-15H,1H3,(H2,25,26,28).